The molecule has 222 valence electrons. The number of hydrogen-bond acceptors (Lipinski definition) is 6. The van der Waals surface area contributed by atoms with Crippen molar-refractivity contribution >= 4 is 57.1 Å². The summed E-state index contributed by atoms with van der Waals surface area (Å²) < 4.78 is 7.04. The van der Waals surface area contributed by atoms with Gasteiger partial charge in [0, 0.05) is 46.7 Å². The number of Topliss-reactive ketones (excluding diaryl/α,β-unsaturated/α-hetero) is 1. The lowest BCUT2D eigenvalue weighted by Crippen LogP contribution is -2.33. The number of imide groups is 1. The summed E-state index contributed by atoms with van der Waals surface area (Å²) in [7, 11) is 0. The van der Waals surface area contributed by atoms with E-state index in [9.17, 15) is 24.0 Å². The summed E-state index contributed by atoms with van der Waals surface area (Å²) in [4.78, 5) is 68.4. The number of nitrogens with zero attached hydrogens (tertiary/aromatic N) is 2. The van der Waals surface area contributed by atoms with E-state index in [1.807, 2.05) is 28.8 Å². The molecule has 0 saturated carbocycles. The van der Waals surface area contributed by atoms with Gasteiger partial charge in [0.1, 0.15) is 5.69 Å². The second kappa shape index (κ2) is 11.9. The van der Waals surface area contributed by atoms with Crippen molar-refractivity contribution in [3.8, 4) is 0 Å². The zero-order chi connectivity index (χ0) is 30.8. The van der Waals surface area contributed by atoms with Gasteiger partial charge in [-0.15, -0.1) is 0 Å². The van der Waals surface area contributed by atoms with Crippen LogP contribution in [0.15, 0.2) is 79.0 Å². The third-order valence-corrected chi connectivity index (χ3v) is 7.58. The number of aryl methyl sites for hydroxylation is 1. The zero-order valence-electron chi connectivity index (χ0n) is 23.9. The number of rotatable bonds is 10. The summed E-state index contributed by atoms with van der Waals surface area (Å²) in [6.07, 6.45) is 2.22. The van der Waals surface area contributed by atoms with Crippen LogP contribution in [0.3, 0.4) is 0 Å². The molecule has 3 N–H and O–H groups in total. The van der Waals surface area contributed by atoms with Crippen LogP contribution < -0.4 is 10.6 Å². The third-order valence-electron chi connectivity index (χ3n) is 7.58. The molecule has 5 aromatic rings. The number of esters is 1. The maximum absolute atomic E-state index is 13.3. The molecule has 0 bridgehead atoms. The highest BCUT2D eigenvalue weighted by atomic mass is 16.5. The monoisotopic (exact) mass is 591 g/mol. The molecular weight excluding hydrogens is 562 g/mol. The van der Waals surface area contributed by atoms with E-state index in [4.69, 9.17) is 4.74 Å². The molecule has 11 nitrogen and oxygen atoms in total. The molecule has 0 aliphatic carbocycles. The van der Waals surface area contributed by atoms with E-state index in [-0.39, 0.29) is 48.7 Å². The Bertz CT molecular complexity index is 1920. The number of ketones is 1. The Kier molecular flexibility index (Phi) is 7.67. The molecular formula is C33H29N5O6. The van der Waals surface area contributed by atoms with Gasteiger partial charge in [-0.2, -0.15) is 0 Å². The molecule has 11 heteroatoms. The quantitative estimate of drug-likeness (QED) is 0.119. The summed E-state index contributed by atoms with van der Waals surface area (Å²) >= 11 is 0. The Balaban J connectivity index is 1.12. The molecule has 0 atom stereocenters. The van der Waals surface area contributed by atoms with E-state index < -0.39 is 12.0 Å². The maximum Gasteiger partial charge on any atom is 0.356 e. The number of urea groups is 1. The van der Waals surface area contributed by atoms with Gasteiger partial charge in [-0.25, -0.2) is 9.59 Å². The predicted molar refractivity (Wildman–Crippen MR) is 164 cm³/mol. The number of carbonyl (C=O) groups is 5. The molecule has 0 unspecified atom stereocenters. The topological polar surface area (TPSA) is 143 Å². The fourth-order valence-corrected chi connectivity index (χ4v) is 5.54. The van der Waals surface area contributed by atoms with E-state index in [2.05, 4.69) is 15.6 Å². The van der Waals surface area contributed by atoms with Crippen LogP contribution in [0.2, 0.25) is 0 Å². The second-order valence-electron chi connectivity index (χ2n) is 10.3. The van der Waals surface area contributed by atoms with Crippen molar-refractivity contribution in [1.82, 2.24) is 19.8 Å². The predicted octanol–water partition coefficient (Wildman–Crippen LogP) is 4.99. The fourth-order valence-electron chi connectivity index (χ4n) is 5.54. The lowest BCUT2D eigenvalue weighted by molar-refractivity contribution is 0.0520. The van der Waals surface area contributed by atoms with Crippen LogP contribution in [0, 0.1) is 0 Å². The average molecular weight is 592 g/mol. The molecule has 6 rings (SSSR count). The van der Waals surface area contributed by atoms with Crippen LogP contribution in [0.5, 0.6) is 0 Å². The number of para-hydroxylation sites is 2. The van der Waals surface area contributed by atoms with Crippen LogP contribution in [0.4, 0.5) is 10.5 Å². The summed E-state index contributed by atoms with van der Waals surface area (Å²) in [5, 5.41) is 6.64. The minimum absolute atomic E-state index is 0.110. The number of carbonyl (C=O) groups excluding carboxylic acids is 5. The minimum atomic E-state index is -0.654. The molecule has 44 heavy (non-hydrogen) atoms. The maximum atomic E-state index is 13.3. The number of aromatic amines is 1. The summed E-state index contributed by atoms with van der Waals surface area (Å²) in [6, 6.07) is 20.7. The van der Waals surface area contributed by atoms with E-state index in [1.165, 1.54) is 4.90 Å². The first kappa shape index (κ1) is 28.4. The van der Waals surface area contributed by atoms with Crippen molar-refractivity contribution in [2.45, 2.75) is 19.9 Å². The number of H-pyrrole nitrogens is 1. The molecule has 0 spiro atoms. The van der Waals surface area contributed by atoms with Crippen molar-refractivity contribution in [3.63, 3.8) is 0 Å². The van der Waals surface area contributed by atoms with Crippen LogP contribution in [0.25, 0.3) is 21.8 Å². The SMILES string of the molecule is CCOC(=O)c1[nH]c2ccccc2c1NC(=O)NCC(=O)c1cn(CCCN2C(=O)c3ccccc3C2=O)c2ccccc12. The number of nitrogens with one attached hydrogen (secondary N) is 3. The lowest BCUT2D eigenvalue weighted by Gasteiger charge is -2.14. The van der Waals surface area contributed by atoms with Gasteiger partial charge in [0.05, 0.1) is 30.0 Å². The lowest BCUT2D eigenvalue weighted by atomic mass is 10.1. The Morgan fingerprint density at radius 1 is 0.841 bits per heavy atom. The van der Waals surface area contributed by atoms with Crippen molar-refractivity contribution in [3.05, 3.63) is 101 Å². The van der Waals surface area contributed by atoms with Crippen molar-refractivity contribution in [1.29, 1.82) is 0 Å². The summed E-state index contributed by atoms with van der Waals surface area (Å²) in [6.45, 7) is 2.28. The molecule has 3 aromatic carbocycles. The van der Waals surface area contributed by atoms with E-state index in [0.717, 1.165) is 10.9 Å². The molecule has 4 amide bonds. The first-order valence-corrected chi connectivity index (χ1v) is 14.3. The normalized spacial score (nSPS) is 12.5. The number of anilines is 1. The summed E-state index contributed by atoms with van der Waals surface area (Å²) in [5.41, 5.74) is 3.10. The third kappa shape index (κ3) is 5.19. The average Bonchev–Trinajstić information content (AvgIpc) is 3.67. The standard InChI is InChI=1S/C33H29N5O6/c1-2-44-32(42)29-28(23-13-5-7-14-25(23)35-29)36-33(43)34-18-27(39)24-19-37(26-15-8-6-10-20(24)26)16-9-17-38-30(40)21-11-3-4-12-22(21)31(38)41/h3-8,10-15,19,35H,2,9,16-18H2,1H3,(H2,34,36,43). The van der Waals surface area contributed by atoms with Crippen molar-refractivity contribution < 1.29 is 28.7 Å². The Morgan fingerprint density at radius 3 is 2.23 bits per heavy atom. The zero-order valence-corrected chi connectivity index (χ0v) is 23.9. The van der Waals surface area contributed by atoms with Gasteiger partial charge in [0.2, 0.25) is 0 Å². The highest BCUT2D eigenvalue weighted by molar-refractivity contribution is 6.21. The Labute approximate surface area is 251 Å². The number of fused-ring (bicyclic) bond motifs is 3. The Hall–Kier alpha value is -5.71. The Morgan fingerprint density at radius 2 is 1.50 bits per heavy atom. The molecule has 1 aliphatic rings. The van der Waals surface area contributed by atoms with Gasteiger partial charge >= 0.3 is 12.0 Å². The van der Waals surface area contributed by atoms with Gasteiger partial charge in [-0.05, 0) is 37.6 Å². The molecule has 1 aliphatic heterocycles. The van der Waals surface area contributed by atoms with Crippen molar-refractivity contribution in [2.75, 3.05) is 25.0 Å². The fraction of sp³-hybridized carbons (Fsp3) is 0.182. The van der Waals surface area contributed by atoms with Crippen LogP contribution in [-0.4, -0.2) is 63.7 Å². The largest absolute Gasteiger partial charge is 0.461 e. The van der Waals surface area contributed by atoms with E-state index >= 15 is 0 Å². The number of benzene rings is 3. The van der Waals surface area contributed by atoms with E-state index in [0.29, 0.717) is 40.6 Å². The van der Waals surface area contributed by atoms with Crippen molar-refractivity contribution in [2.24, 2.45) is 0 Å². The number of aromatic nitrogens is 2. The molecule has 3 heterocycles. The first-order chi connectivity index (χ1) is 21.4. The van der Waals surface area contributed by atoms with Gasteiger partial charge < -0.3 is 24.9 Å². The van der Waals surface area contributed by atoms with E-state index in [1.54, 1.807) is 61.7 Å². The van der Waals surface area contributed by atoms with Gasteiger partial charge in [0.25, 0.3) is 11.8 Å². The molecule has 0 fully saturated rings. The highest BCUT2D eigenvalue weighted by Gasteiger charge is 2.34. The summed E-state index contributed by atoms with van der Waals surface area (Å²) in [5.74, 6) is -1.51. The first-order valence-electron chi connectivity index (χ1n) is 14.3. The van der Waals surface area contributed by atoms with Crippen LogP contribution >= 0.6 is 0 Å². The molecule has 2 aromatic heterocycles. The number of amides is 4. The number of hydrogen-bond donors (Lipinski definition) is 3. The highest BCUT2D eigenvalue weighted by Crippen LogP contribution is 2.29. The second-order valence-corrected chi connectivity index (χ2v) is 10.3. The van der Waals surface area contributed by atoms with Crippen LogP contribution in [-0.2, 0) is 11.3 Å². The van der Waals surface area contributed by atoms with Gasteiger partial charge in [-0.3, -0.25) is 19.3 Å². The smallest absolute Gasteiger partial charge is 0.356 e. The molecule has 0 radical (unpaired) electrons. The van der Waals surface area contributed by atoms with Gasteiger partial charge in [-0.1, -0.05) is 48.5 Å². The minimum Gasteiger partial charge on any atom is -0.461 e. The van der Waals surface area contributed by atoms with Gasteiger partial charge in [0.15, 0.2) is 5.78 Å². The molecule has 0 saturated heterocycles. The van der Waals surface area contributed by atoms with Crippen LogP contribution in [0.1, 0.15) is 54.9 Å². The number of ether oxygens (including phenoxy) is 1.